The summed E-state index contributed by atoms with van der Waals surface area (Å²) in [6, 6.07) is 7.75. The molecular weight excluding hydrogens is 331 g/mol. The first-order chi connectivity index (χ1) is 10.8. The van der Waals surface area contributed by atoms with Crippen LogP contribution in [0.5, 0.6) is 0 Å². The molecule has 0 aliphatic carbocycles. The van der Waals surface area contributed by atoms with Crippen molar-refractivity contribution in [1.29, 1.82) is 0 Å². The molecule has 2 amide bonds. The van der Waals surface area contributed by atoms with Crippen LogP contribution in [-0.4, -0.2) is 11.1 Å². The molecule has 8 heteroatoms. The minimum Gasteiger partial charge on any atom is -0.457 e. The van der Waals surface area contributed by atoms with Crippen molar-refractivity contribution >= 4 is 29.0 Å². The van der Waals surface area contributed by atoms with Crippen LogP contribution in [0.25, 0.3) is 17.4 Å². The van der Waals surface area contributed by atoms with Crippen LogP contribution in [0.2, 0.25) is 0 Å². The molecule has 0 atom stereocenters. The predicted molar refractivity (Wildman–Crippen MR) is 78.3 cm³/mol. The van der Waals surface area contributed by atoms with Crippen molar-refractivity contribution < 1.29 is 27.2 Å². The first-order valence-corrected chi connectivity index (χ1v) is 7.17. The minimum absolute atomic E-state index is 0.167. The van der Waals surface area contributed by atoms with Gasteiger partial charge in [0.1, 0.15) is 11.5 Å². The normalized spacial score (nSPS) is 16.9. The average Bonchev–Trinajstić information content (AvgIpc) is 3.06. The van der Waals surface area contributed by atoms with Crippen LogP contribution in [0, 0.1) is 0 Å². The highest BCUT2D eigenvalue weighted by molar-refractivity contribution is 8.18. The molecule has 0 bridgehead atoms. The highest BCUT2D eigenvalue weighted by Crippen LogP contribution is 2.33. The van der Waals surface area contributed by atoms with E-state index in [0.29, 0.717) is 0 Å². The van der Waals surface area contributed by atoms with Gasteiger partial charge in [-0.05, 0) is 36.0 Å². The molecule has 0 spiro atoms. The molecule has 1 aliphatic rings. The van der Waals surface area contributed by atoms with Gasteiger partial charge in [-0.3, -0.25) is 14.9 Å². The van der Waals surface area contributed by atoms with E-state index in [-0.39, 0.29) is 22.0 Å². The third-order valence-electron chi connectivity index (χ3n) is 3.02. The molecule has 3 rings (SSSR count). The lowest BCUT2D eigenvalue weighted by Crippen LogP contribution is -2.17. The number of rotatable bonds is 2. The van der Waals surface area contributed by atoms with Gasteiger partial charge in [-0.2, -0.15) is 13.2 Å². The number of carbonyl (C=O) groups is 2. The van der Waals surface area contributed by atoms with Crippen LogP contribution < -0.4 is 5.32 Å². The number of hydrogen-bond acceptors (Lipinski definition) is 4. The maximum atomic E-state index is 12.7. The molecule has 0 unspecified atom stereocenters. The molecule has 2 aromatic rings. The van der Waals surface area contributed by atoms with Crippen molar-refractivity contribution in [3.63, 3.8) is 0 Å². The van der Waals surface area contributed by atoms with Crippen molar-refractivity contribution in [2.45, 2.75) is 6.18 Å². The molecule has 1 aliphatic heterocycles. The maximum absolute atomic E-state index is 12.7. The number of benzene rings is 1. The lowest BCUT2D eigenvalue weighted by atomic mass is 10.1. The van der Waals surface area contributed by atoms with Gasteiger partial charge in [0.15, 0.2) is 0 Å². The summed E-state index contributed by atoms with van der Waals surface area (Å²) in [5.41, 5.74) is -0.508. The molecule has 1 fully saturated rings. The van der Waals surface area contributed by atoms with E-state index in [0.717, 1.165) is 23.9 Å². The van der Waals surface area contributed by atoms with Gasteiger partial charge in [-0.25, -0.2) is 0 Å². The van der Waals surface area contributed by atoms with E-state index in [1.165, 1.54) is 30.3 Å². The number of amides is 2. The van der Waals surface area contributed by atoms with E-state index in [1.54, 1.807) is 0 Å². The Morgan fingerprint density at radius 3 is 2.57 bits per heavy atom. The zero-order valence-corrected chi connectivity index (χ0v) is 12.1. The van der Waals surface area contributed by atoms with Crippen LogP contribution >= 0.6 is 11.8 Å². The molecule has 0 radical (unpaired) electrons. The zero-order chi connectivity index (χ0) is 16.6. The Bertz CT molecular complexity index is 823. The lowest BCUT2D eigenvalue weighted by Gasteiger charge is -2.07. The molecule has 1 saturated heterocycles. The van der Waals surface area contributed by atoms with Crippen LogP contribution in [0.15, 0.2) is 45.7 Å². The number of alkyl halides is 3. The van der Waals surface area contributed by atoms with Crippen molar-refractivity contribution in [3.05, 3.63) is 52.6 Å². The van der Waals surface area contributed by atoms with Crippen LogP contribution in [0.3, 0.4) is 0 Å². The second-order valence-electron chi connectivity index (χ2n) is 4.63. The highest BCUT2D eigenvalue weighted by Gasteiger charge is 2.30. The second-order valence-corrected chi connectivity index (χ2v) is 5.65. The lowest BCUT2D eigenvalue weighted by molar-refractivity contribution is -0.137. The van der Waals surface area contributed by atoms with E-state index >= 15 is 0 Å². The second kappa shape index (κ2) is 5.62. The number of imide groups is 1. The summed E-state index contributed by atoms with van der Waals surface area (Å²) in [5.74, 6) is -0.0283. The largest absolute Gasteiger partial charge is 0.457 e. The average molecular weight is 339 g/mol. The van der Waals surface area contributed by atoms with Gasteiger partial charge in [0.05, 0.1) is 10.5 Å². The molecular formula is C15H8F3NO3S. The molecule has 4 nitrogen and oxygen atoms in total. The van der Waals surface area contributed by atoms with Gasteiger partial charge in [-0.1, -0.05) is 12.1 Å². The maximum Gasteiger partial charge on any atom is 0.416 e. The van der Waals surface area contributed by atoms with Crippen molar-refractivity contribution in [2.75, 3.05) is 0 Å². The number of thioether (sulfide) groups is 1. The zero-order valence-electron chi connectivity index (χ0n) is 11.3. The SMILES string of the molecule is O=C1NC(=O)/C(=C/c2ccc(-c3cccc(C(F)(F)F)c3)o2)S1. The third-order valence-corrected chi connectivity index (χ3v) is 3.83. The molecule has 2 heterocycles. The Labute approximate surface area is 132 Å². The van der Waals surface area contributed by atoms with Gasteiger partial charge in [0.25, 0.3) is 11.1 Å². The van der Waals surface area contributed by atoms with E-state index in [1.807, 2.05) is 0 Å². The number of furan rings is 1. The van der Waals surface area contributed by atoms with Gasteiger partial charge in [-0.15, -0.1) is 0 Å². The quantitative estimate of drug-likeness (QED) is 0.829. The summed E-state index contributed by atoms with van der Waals surface area (Å²) in [6.45, 7) is 0. The topological polar surface area (TPSA) is 59.3 Å². The molecule has 1 N–H and O–H groups in total. The van der Waals surface area contributed by atoms with Crippen LogP contribution in [-0.2, 0) is 11.0 Å². The van der Waals surface area contributed by atoms with Crippen molar-refractivity contribution in [3.8, 4) is 11.3 Å². The van der Waals surface area contributed by atoms with Gasteiger partial charge < -0.3 is 4.42 Å². The third kappa shape index (κ3) is 3.31. The monoisotopic (exact) mass is 339 g/mol. The van der Waals surface area contributed by atoms with E-state index in [4.69, 9.17) is 4.42 Å². The predicted octanol–water partition coefficient (Wildman–Crippen LogP) is 4.29. The molecule has 118 valence electrons. The summed E-state index contributed by atoms with van der Waals surface area (Å²) in [4.78, 5) is 22.7. The Balaban J connectivity index is 1.90. The fraction of sp³-hybridized carbons (Fsp3) is 0.0667. The standard InChI is InChI=1S/C15H8F3NO3S/c16-15(17,18)9-3-1-2-8(6-9)11-5-4-10(22-11)7-12-13(20)19-14(21)23-12/h1-7H,(H,19,20,21)/b12-7-. The van der Waals surface area contributed by atoms with Gasteiger partial charge >= 0.3 is 6.18 Å². The van der Waals surface area contributed by atoms with E-state index in [2.05, 4.69) is 5.32 Å². The number of nitrogens with one attached hydrogen (secondary N) is 1. The first-order valence-electron chi connectivity index (χ1n) is 6.35. The van der Waals surface area contributed by atoms with Crippen molar-refractivity contribution in [2.24, 2.45) is 0 Å². The highest BCUT2D eigenvalue weighted by atomic mass is 32.2. The Kier molecular flexibility index (Phi) is 3.77. The van der Waals surface area contributed by atoms with Gasteiger partial charge in [0.2, 0.25) is 0 Å². The molecule has 23 heavy (non-hydrogen) atoms. The molecule has 1 aromatic heterocycles. The smallest absolute Gasteiger partial charge is 0.416 e. The molecule has 0 saturated carbocycles. The van der Waals surface area contributed by atoms with Crippen molar-refractivity contribution in [1.82, 2.24) is 5.32 Å². The van der Waals surface area contributed by atoms with Crippen LogP contribution in [0.1, 0.15) is 11.3 Å². The molecule has 1 aromatic carbocycles. The summed E-state index contributed by atoms with van der Waals surface area (Å²) in [6.07, 6.45) is -3.08. The van der Waals surface area contributed by atoms with Crippen LogP contribution in [0.4, 0.5) is 18.0 Å². The van der Waals surface area contributed by atoms with E-state index in [9.17, 15) is 22.8 Å². The summed E-state index contributed by atoms with van der Waals surface area (Å²) >= 11 is 0.732. The van der Waals surface area contributed by atoms with E-state index < -0.39 is 22.9 Å². The summed E-state index contributed by atoms with van der Waals surface area (Å²) in [7, 11) is 0. The first kappa shape index (κ1) is 15.4. The number of halogens is 3. The van der Waals surface area contributed by atoms with Gasteiger partial charge in [0, 0.05) is 11.6 Å². The number of hydrogen-bond donors (Lipinski definition) is 1. The summed E-state index contributed by atoms with van der Waals surface area (Å²) in [5, 5.41) is 1.62. The Morgan fingerprint density at radius 2 is 1.91 bits per heavy atom. The Hall–Kier alpha value is -2.48. The fourth-order valence-corrected chi connectivity index (χ4v) is 2.65. The Morgan fingerprint density at radius 1 is 1.13 bits per heavy atom. The minimum atomic E-state index is -4.44. The fourth-order valence-electron chi connectivity index (χ4n) is 1.98. The number of carbonyl (C=O) groups excluding carboxylic acids is 2. The summed E-state index contributed by atoms with van der Waals surface area (Å²) < 4.78 is 43.6.